The number of aromatic nitrogens is 2. The zero-order chi connectivity index (χ0) is 64.4. The van der Waals surface area contributed by atoms with Gasteiger partial charge in [0.2, 0.25) is 17.8 Å². The van der Waals surface area contributed by atoms with Gasteiger partial charge in [-0.2, -0.15) is 0 Å². The number of likely N-dealkylation sites (tertiary alicyclic amines) is 1. The molecule has 8 rings (SSSR count). The first kappa shape index (κ1) is 74.9. The number of piperidine rings is 2. The summed E-state index contributed by atoms with van der Waals surface area (Å²) < 4.78 is 3.61. The summed E-state index contributed by atoms with van der Waals surface area (Å²) in [6, 6.07) is 43.2. The van der Waals surface area contributed by atoms with Crippen LogP contribution in [0.25, 0.3) is 11.1 Å². The van der Waals surface area contributed by atoms with Crippen LogP contribution < -0.4 is 45.5 Å². The minimum absolute atomic E-state index is 0. The second-order valence-electron chi connectivity index (χ2n) is 20.1. The summed E-state index contributed by atoms with van der Waals surface area (Å²) in [5.74, 6) is -1.79. The first-order valence-corrected chi connectivity index (χ1v) is 29.3. The van der Waals surface area contributed by atoms with Crippen LogP contribution in [0.5, 0.6) is 0 Å². The molecule has 2 aliphatic rings. The van der Waals surface area contributed by atoms with Crippen LogP contribution in [0.3, 0.4) is 0 Å². The number of anilines is 2. The number of pyridine rings is 2. The van der Waals surface area contributed by atoms with Gasteiger partial charge in [-0.15, -0.1) is 0 Å². The van der Waals surface area contributed by atoms with Gasteiger partial charge in [-0.05, 0) is 173 Å². The minimum Gasteiger partial charge on any atom is -0.793 e. The summed E-state index contributed by atoms with van der Waals surface area (Å²) in [4.78, 5) is 110. The Kier molecular flexibility index (Phi) is 34.4. The molecule has 3 radical (unpaired) electrons. The normalized spacial score (nSPS) is 12.2. The minimum atomic E-state index is -0.639. The van der Waals surface area contributed by atoms with Crippen molar-refractivity contribution >= 4 is 78.4 Å². The van der Waals surface area contributed by atoms with E-state index >= 15 is 0 Å². The number of amides is 4. The van der Waals surface area contributed by atoms with Gasteiger partial charge in [0.05, 0.1) is 5.69 Å². The number of nitrogens with one attached hydrogen (secondary N) is 3. The first-order chi connectivity index (χ1) is 42.3. The SMILES string of the molecule is CC(=O)OOC(C)=O.CCN(CC)C(=O)c1ccc(C(=C2CCN(Cc3ccccn3)CC2)c2cccc(NC(C)=O)c2)cc1.CCN(CC)C(=O)c1ccc(C(=C2CCNCC2)c2cccc(NC(C)=O)c2)cc1.O=Cc1ccccn1.[B-]OC(C)=O.[Na+]. The van der Waals surface area contributed by atoms with E-state index in [1.54, 1.807) is 24.4 Å². The van der Waals surface area contributed by atoms with E-state index in [9.17, 15) is 38.4 Å². The van der Waals surface area contributed by atoms with Gasteiger partial charge in [-0.3, -0.25) is 43.6 Å². The smallest absolute Gasteiger partial charge is 0.793 e. The summed E-state index contributed by atoms with van der Waals surface area (Å²) in [5.41, 5.74) is 14.1. The Hall–Kier alpha value is -8.40. The van der Waals surface area contributed by atoms with Crippen LogP contribution in [0.1, 0.15) is 147 Å². The van der Waals surface area contributed by atoms with Crippen LogP contribution >= 0.6 is 0 Å². The van der Waals surface area contributed by atoms with Gasteiger partial charge in [-0.1, -0.05) is 71.8 Å². The molecule has 4 aromatic carbocycles. The van der Waals surface area contributed by atoms with Gasteiger partial charge < -0.3 is 38.5 Å². The fourth-order valence-electron chi connectivity index (χ4n) is 9.50. The van der Waals surface area contributed by atoms with Crippen LogP contribution in [0.15, 0.2) is 157 Å². The van der Waals surface area contributed by atoms with E-state index in [0.29, 0.717) is 43.0 Å². The maximum absolute atomic E-state index is 12.9. The van der Waals surface area contributed by atoms with Crippen molar-refractivity contribution in [1.29, 1.82) is 0 Å². The van der Waals surface area contributed by atoms with Gasteiger partial charge >= 0.3 is 41.5 Å². The second kappa shape index (κ2) is 40.9. The van der Waals surface area contributed by atoms with E-state index in [2.05, 4.69) is 83.6 Å². The van der Waals surface area contributed by atoms with Crippen LogP contribution in [-0.2, 0) is 44.9 Å². The average Bonchev–Trinajstić information content (AvgIpc) is 1.87. The molecule has 463 valence electrons. The molecule has 0 bridgehead atoms. The first-order valence-electron chi connectivity index (χ1n) is 29.3. The second-order valence-corrected chi connectivity index (χ2v) is 20.1. The number of benzene rings is 4. The molecule has 2 saturated heterocycles. The topological polar surface area (TPSA) is 236 Å². The van der Waals surface area contributed by atoms with Gasteiger partial charge in [0.15, 0.2) is 6.29 Å². The molecule has 0 atom stereocenters. The van der Waals surface area contributed by atoms with Gasteiger partial charge in [-0.25, -0.2) is 19.4 Å². The Labute approximate surface area is 546 Å². The van der Waals surface area contributed by atoms with Gasteiger partial charge in [0.1, 0.15) is 5.69 Å². The standard InChI is InChI=1S/C31H36N4O2.C25H31N3O2.C6H5NO.C4H6O4.C2H3BO2.Na/c1-4-35(5-2)31(37)26-14-12-24(13-15-26)30(27-9-8-11-28(21-27)33-23(3)36)25-16-19-34(20-17-25)22-29-10-6-7-18-32-29;1-4-28(5-2)25(30)21-11-9-19(10-12-21)24(20-13-15-26-16-14-20)22-7-6-8-23(17-22)27-18(3)29;8-5-6-3-1-2-4-7-6;1-3(5)7-8-4(2)6;1-2(4)5-3;/h6-15,18,21H,4-5,16-17,19-20,22H2,1-3H3,(H,33,36);6-12,17,26H,4-5,13-16H2,1-3H3,(H,27,29);1-5H;1-2H3;1H3;/q;;;;-1;+1. The summed E-state index contributed by atoms with van der Waals surface area (Å²) in [6.45, 7) is 22.0. The molecule has 0 spiro atoms. The largest absolute Gasteiger partial charge is 1.00 e. The Morgan fingerprint density at radius 1 is 0.528 bits per heavy atom. The maximum Gasteiger partial charge on any atom is 1.00 e. The molecule has 0 saturated carbocycles. The number of carbonyl (C=O) groups excluding carboxylic acids is 8. The molecule has 0 aliphatic carbocycles. The summed E-state index contributed by atoms with van der Waals surface area (Å²) >= 11 is 0. The van der Waals surface area contributed by atoms with Crippen molar-refractivity contribution in [3.8, 4) is 0 Å². The predicted octanol–water partition coefficient (Wildman–Crippen LogP) is 7.49. The number of hydrogen-bond donors (Lipinski definition) is 3. The Morgan fingerprint density at radius 3 is 1.27 bits per heavy atom. The number of nitrogens with zero attached hydrogens (tertiary/aromatic N) is 5. The molecule has 3 N–H and O–H groups in total. The van der Waals surface area contributed by atoms with Crippen molar-refractivity contribution in [3.05, 3.63) is 202 Å². The van der Waals surface area contributed by atoms with Crippen molar-refractivity contribution in [2.75, 3.05) is 63.0 Å². The van der Waals surface area contributed by atoms with Crippen molar-refractivity contribution in [2.24, 2.45) is 0 Å². The summed E-state index contributed by atoms with van der Waals surface area (Å²) in [7, 11) is 4.32. The molecule has 19 nitrogen and oxygen atoms in total. The molecule has 21 heteroatoms. The molecule has 2 fully saturated rings. The molecule has 2 aliphatic heterocycles. The van der Waals surface area contributed by atoms with Crippen molar-refractivity contribution < 1.29 is 82.3 Å². The van der Waals surface area contributed by atoms with Gasteiger partial charge in [0.25, 0.3) is 11.8 Å². The fraction of sp³-hybridized carbons (Fsp3) is 0.324. The van der Waals surface area contributed by atoms with Crippen molar-refractivity contribution in [3.63, 3.8) is 0 Å². The summed E-state index contributed by atoms with van der Waals surface area (Å²) in [5, 5.41) is 9.21. The molecule has 6 aromatic rings. The molecule has 4 amide bonds. The van der Waals surface area contributed by atoms with E-state index in [0.717, 1.165) is 118 Å². The third kappa shape index (κ3) is 26.5. The van der Waals surface area contributed by atoms with Crippen molar-refractivity contribution in [1.82, 2.24) is 30.0 Å². The third-order valence-electron chi connectivity index (χ3n) is 13.6. The van der Waals surface area contributed by atoms with Crippen LogP contribution in [0.4, 0.5) is 11.4 Å². The van der Waals surface area contributed by atoms with Crippen LogP contribution in [0, 0.1) is 0 Å². The van der Waals surface area contributed by atoms with E-state index in [1.807, 2.05) is 129 Å². The number of hydrogen-bond acceptors (Lipinski definition) is 15. The molecule has 89 heavy (non-hydrogen) atoms. The van der Waals surface area contributed by atoms with Crippen LogP contribution in [-0.4, -0.2) is 133 Å². The zero-order valence-electron chi connectivity index (χ0n) is 52.9. The molecule has 0 unspecified atom stereocenters. The molecular formula is C68H81BN8NaO11. The van der Waals surface area contributed by atoms with Gasteiger partial charge in [0, 0.05) is 115 Å². The van der Waals surface area contributed by atoms with E-state index < -0.39 is 17.9 Å². The Balaban J connectivity index is 0.000000351. The number of rotatable bonds is 15. The summed E-state index contributed by atoms with van der Waals surface area (Å²) in [6.07, 6.45) is 8.03. The third-order valence-corrected chi connectivity index (χ3v) is 13.6. The fourth-order valence-corrected chi connectivity index (χ4v) is 9.50. The van der Waals surface area contributed by atoms with Crippen molar-refractivity contribution in [2.45, 2.75) is 94.5 Å². The molecule has 4 heterocycles. The average molecular weight is 1220 g/mol. The Bertz CT molecular complexity index is 3270. The van der Waals surface area contributed by atoms with E-state index in [-0.39, 0.29) is 53.2 Å². The zero-order valence-corrected chi connectivity index (χ0v) is 54.9. The maximum atomic E-state index is 12.9. The molecular weight excluding hydrogens is 1140 g/mol. The van der Waals surface area contributed by atoms with Crippen LogP contribution in [0.2, 0.25) is 0 Å². The Morgan fingerprint density at radius 2 is 0.933 bits per heavy atom. The monoisotopic (exact) mass is 1220 g/mol. The quantitative estimate of drug-likeness (QED) is 0.0391. The van der Waals surface area contributed by atoms with E-state index in [1.165, 1.54) is 43.1 Å². The number of aldehydes is 1. The predicted molar refractivity (Wildman–Crippen MR) is 342 cm³/mol. The van der Waals surface area contributed by atoms with E-state index in [4.69, 9.17) is 0 Å². The molecule has 2 aromatic heterocycles. The number of carbonyl (C=O) groups is 8.